The van der Waals surface area contributed by atoms with E-state index in [0.717, 1.165) is 31.2 Å². The molecule has 3 amide bonds. The Labute approximate surface area is 135 Å². The summed E-state index contributed by atoms with van der Waals surface area (Å²) in [7, 11) is 0. The highest BCUT2D eigenvalue weighted by Gasteiger charge is 2.47. The number of likely N-dealkylation sites (tertiary alicyclic amines) is 1. The summed E-state index contributed by atoms with van der Waals surface area (Å²) in [5.41, 5.74) is 1.01. The predicted molar refractivity (Wildman–Crippen MR) is 84.4 cm³/mol. The number of nitrogens with zero attached hydrogens (tertiary/aromatic N) is 2. The Morgan fingerprint density at radius 2 is 1.87 bits per heavy atom. The van der Waals surface area contributed by atoms with Crippen LogP contribution in [0.4, 0.5) is 5.82 Å². The standard InChI is InChI=1S/C17H21N3O3/c1-11-6-7-14(18-10-11)19-15(21)8-9-20-16(22)12-4-2-3-5-13(12)17(20)23/h6-7,10,12-13H,2-5,8-9H2,1H3,(H,18,19,21)/t12-,13-/m1/s1. The maximum Gasteiger partial charge on any atom is 0.233 e. The van der Waals surface area contributed by atoms with Crippen LogP contribution >= 0.6 is 0 Å². The van der Waals surface area contributed by atoms with E-state index in [0.29, 0.717) is 5.82 Å². The quantitative estimate of drug-likeness (QED) is 0.861. The Hall–Kier alpha value is -2.24. The van der Waals surface area contributed by atoms with E-state index in [9.17, 15) is 14.4 Å². The number of rotatable bonds is 4. The Balaban J connectivity index is 1.55. The van der Waals surface area contributed by atoms with Crippen molar-refractivity contribution in [3.63, 3.8) is 0 Å². The summed E-state index contributed by atoms with van der Waals surface area (Å²) in [5.74, 6) is -0.261. The number of imide groups is 1. The van der Waals surface area contributed by atoms with E-state index >= 15 is 0 Å². The molecule has 122 valence electrons. The van der Waals surface area contributed by atoms with Gasteiger partial charge in [0.05, 0.1) is 11.8 Å². The van der Waals surface area contributed by atoms with E-state index in [-0.39, 0.29) is 42.5 Å². The number of aromatic nitrogens is 1. The van der Waals surface area contributed by atoms with Gasteiger partial charge in [-0.05, 0) is 31.4 Å². The minimum Gasteiger partial charge on any atom is -0.311 e. The summed E-state index contributed by atoms with van der Waals surface area (Å²) in [6.45, 7) is 2.07. The minimum atomic E-state index is -0.239. The molecule has 6 nitrogen and oxygen atoms in total. The molecule has 1 saturated heterocycles. The third kappa shape index (κ3) is 3.25. The van der Waals surface area contributed by atoms with Gasteiger partial charge in [-0.15, -0.1) is 0 Å². The topological polar surface area (TPSA) is 79.4 Å². The van der Waals surface area contributed by atoms with Gasteiger partial charge in [0.25, 0.3) is 0 Å². The van der Waals surface area contributed by atoms with Crippen molar-refractivity contribution in [3.05, 3.63) is 23.9 Å². The van der Waals surface area contributed by atoms with E-state index in [4.69, 9.17) is 0 Å². The van der Waals surface area contributed by atoms with Gasteiger partial charge in [-0.3, -0.25) is 19.3 Å². The van der Waals surface area contributed by atoms with Crippen molar-refractivity contribution in [3.8, 4) is 0 Å². The van der Waals surface area contributed by atoms with Gasteiger partial charge in [-0.2, -0.15) is 0 Å². The summed E-state index contributed by atoms with van der Waals surface area (Å²) in [5, 5.41) is 2.69. The monoisotopic (exact) mass is 315 g/mol. The molecule has 1 aromatic rings. The Morgan fingerprint density at radius 1 is 1.22 bits per heavy atom. The third-order valence-electron chi connectivity index (χ3n) is 4.67. The number of fused-ring (bicyclic) bond motifs is 1. The van der Waals surface area contributed by atoms with Gasteiger partial charge in [0.1, 0.15) is 5.82 Å². The lowest BCUT2D eigenvalue weighted by atomic mass is 9.81. The molecule has 0 radical (unpaired) electrons. The highest BCUT2D eigenvalue weighted by molar-refractivity contribution is 6.05. The first-order chi connectivity index (χ1) is 11.1. The van der Waals surface area contributed by atoms with Crippen molar-refractivity contribution in [2.45, 2.75) is 39.0 Å². The zero-order chi connectivity index (χ0) is 16.4. The second-order valence-corrected chi connectivity index (χ2v) is 6.34. The SMILES string of the molecule is Cc1ccc(NC(=O)CCN2C(=O)[C@@H]3CCCC[C@H]3C2=O)nc1. The molecule has 0 aromatic carbocycles. The number of carbonyl (C=O) groups is 3. The smallest absolute Gasteiger partial charge is 0.233 e. The summed E-state index contributed by atoms with van der Waals surface area (Å²) in [4.78, 5) is 42.0. The minimum absolute atomic E-state index is 0.0963. The fourth-order valence-corrected chi connectivity index (χ4v) is 3.41. The number of hydrogen-bond acceptors (Lipinski definition) is 4. The van der Waals surface area contributed by atoms with E-state index in [2.05, 4.69) is 10.3 Å². The lowest BCUT2D eigenvalue weighted by Crippen LogP contribution is -2.34. The molecule has 3 rings (SSSR count). The molecule has 0 unspecified atom stereocenters. The Bertz CT molecular complexity index is 602. The van der Waals surface area contributed by atoms with Gasteiger partial charge in [0, 0.05) is 19.2 Å². The molecule has 6 heteroatoms. The molecule has 23 heavy (non-hydrogen) atoms. The van der Waals surface area contributed by atoms with Crippen LogP contribution in [0.1, 0.15) is 37.7 Å². The first kappa shape index (κ1) is 15.6. The van der Waals surface area contributed by atoms with Gasteiger partial charge in [0.15, 0.2) is 0 Å². The normalized spacial score (nSPS) is 23.8. The zero-order valence-electron chi connectivity index (χ0n) is 13.2. The molecular formula is C17H21N3O3. The van der Waals surface area contributed by atoms with Gasteiger partial charge < -0.3 is 5.32 Å². The molecule has 0 spiro atoms. The number of carbonyl (C=O) groups excluding carboxylic acids is 3. The average Bonchev–Trinajstić information content (AvgIpc) is 2.80. The maximum absolute atomic E-state index is 12.3. The molecule has 2 aliphatic rings. The van der Waals surface area contributed by atoms with Crippen molar-refractivity contribution >= 4 is 23.5 Å². The highest BCUT2D eigenvalue weighted by atomic mass is 16.2. The largest absolute Gasteiger partial charge is 0.311 e. The maximum atomic E-state index is 12.3. The van der Waals surface area contributed by atoms with Crippen LogP contribution in [-0.2, 0) is 14.4 Å². The van der Waals surface area contributed by atoms with E-state index in [1.54, 1.807) is 12.3 Å². The second-order valence-electron chi connectivity index (χ2n) is 6.34. The van der Waals surface area contributed by atoms with Crippen LogP contribution in [-0.4, -0.2) is 34.2 Å². The number of aryl methyl sites for hydroxylation is 1. The van der Waals surface area contributed by atoms with Crippen molar-refractivity contribution in [2.75, 3.05) is 11.9 Å². The van der Waals surface area contributed by atoms with E-state index < -0.39 is 0 Å². The molecule has 1 aliphatic heterocycles. The summed E-state index contributed by atoms with van der Waals surface area (Å²) < 4.78 is 0. The summed E-state index contributed by atoms with van der Waals surface area (Å²) in [6.07, 6.45) is 5.39. The second kappa shape index (κ2) is 6.48. The molecule has 1 aliphatic carbocycles. The van der Waals surface area contributed by atoms with Gasteiger partial charge >= 0.3 is 0 Å². The lowest BCUT2D eigenvalue weighted by Gasteiger charge is -2.19. The number of amides is 3. The fraction of sp³-hybridized carbons (Fsp3) is 0.529. The van der Waals surface area contributed by atoms with Crippen LogP contribution in [0.3, 0.4) is 0 Å². The summed E-state index contributed by atoms with van der Waals surface area (Å²) in [6, 6.07) is 3.59. The molecule has 2 fully saturated rings. The summed E-state index contributed by atoms with van der Waals surface area (Å²) >= 11 is 0. The first-order valence-electron chi connectivity index (χ1n) is 8.14. The van der Waals surface area contributed by atoms with E-state index in [1.807, 2.05) is 13.0 Å². The van der Waals surface area contributed by atoms with Crippen LogP contribution in [0.5, 0.6) is 0 Å². The van der Waals surface area contributed by atoms with Crippen molar-refractivity contribution < 1.29 is 14.4 Å². The number of pyridine rings is 1. The molecule has 1 saturated carbocycles. The molecular weight excluding hydrogens is 294 g/mol. The number of nitrogens with one attached hydrogen (secondary N) is 1. The number of hydrogen-bond donors (Lipinski definition) is 1. The molecule has 1 N–H and O–H groups in total. The first-order valence-corrected chi connectivity index (χ1v) is 8.14. The molecule has 1 aromatic heterocycles. The number of anilines is 1. The molecule has 0 bridgehead atoms. The van der Waals surface area contributed by atoms with Crippen LogP contribution in [0.15, 0.2) is 18.3 Å². The van der Waals surface area contributed by atoms with Crippen LogP contribution in [0.25, 0.3) is 0 Å². The van der Waals surface area contributed by atoms with Gasteiger partial charge in [0.2, 0.25) is 17.7 Å². The lowest BCUT2D eigenvalue weighted by molar-refractivity contribution is -0.140. The third-order valence-corrected chi connectivity index (χ3v) is 4.67. The predicted octanol–water partition coefficient (Wildman–Crippen LogP) is 1.89. The Morgan fingerprint density at radius 3 is 2.43 bits per heavy atom. The van der Waals surface area contributed by atoms with Crippen molar-refractivity contribution in [1.82, 2.24) is 9.88 Å². The zero-order valence-corrected chi connectivity index (χ0v) is 13.2. The average molecular weight is 315 g/mol. The molecule has 2 atom stereocenters. The molecule has 2 heterocycles. The van der Waals surface area contributed by atoms with Crippen LogP contribution in [0.2, 0.25) is 0 Å². The van der Waals surface area contributed by atoms with Crippen molar-refractivity contribution in [1.29, 1.82) is 0 Å². The van der Waals surface area contributed by atoms with Crippen LogP contribution in [0, 0.1) is 18.8 Å². The fourth-order valence-electron chi connectivity index (χ4n) is 3.41. The Kier molecular flexibility index (Phi) is 4.41. The van der Waals surface area contributed by atoms with E-state index in [1.165, 1.54) is 4.90 Å². The van der Waals surface area contributed by atoms with Gasteiger partial charge in [-0.1, -0.05) is 18.9 Å². The van der Waals surface area contributed by atoms with Gasteiger partial charge in [-0.25, -0.2) is 4.98 Å². The van der Waals surface area contributed by atoms with Crippen molar-refractivity contribution in [2.24, 2.45) is 11.8 Å². The van der Waals surface area contributed by atoms with Crippen LogP contribution < -0.4 is 5.32 Å². The highest BCUT2D eigenvalue weighted by Crippen LogP contribution is 2.37.